The number of benzene rings is 1. The van der Waals surface area contributed by atoms with E-state index in [9.17, 15) is 9.59 Å². The van der Waals surface area contributed by atoms with Gasteiger partial charge in [-0.3, -0.25) is 9.59 Å². The SMILES string of the molecule is C[C@@H](CCO)n1cc(N2C(=O)c3ccccc3C2=O)nn1. The van der Waals surface area contributed by atoms with Crippen LogP contribution in [0.4, 0.5) is 5.82 Å². The van der Waals surface area contributed by atoms with Gasteiger partial charge in [-0.05, 0) is 25.5 Å². The first-order valence-electron chi connectivity index (χ1n) is 6.64. The first-order valence-corrected chi connectivity index (χ1v) is 6.64. The molecule has 7 heteroatoms. The topological polar surface area (TPSA) is 88.3 Å². The first kappa shape index (κ1) is 13.4. The van der Waals surface area contributed by atoms with Crippen LogP contribution in [-0.2, 0) is 0 Å². The van der Waals surface area contributed by atoms with Gasteiger partial charge in [0.15, 0.2) is 5.82 Å². The third-order valence-corrected chi connectivity index (χ3v) is 3.52. The molecule has 0 bridgehead atoms. The van der Waals surface area contributed by atoms with E-state index in [0.717, 1.165) is 4.90 Å². The molecule has 1 aliphatic heterocycles. The Hall–Kier alpha value is -2.54. The molecule has 0 spiro atoms. The van der Waals surface area contributed by atoms with E-state index < -0.39 is 11.8 Å². The van der Waals surface area contributed by atoms with Gasteiger partial charge in [0.1, 0.15) is 0 Å². The molecule has 1 aliphatic rings. The van der Waals surface area contributed by atoms with Gasteiger partial charge in [0.25, 0.3) is 11.8 Å². The van der Waals surface area contributed by atoms with Crippen LogP contribution in [0.1, 0.15) is 40.1 Å². The monoisotopic (exact) mass is 286 g/mol. The van der Waals surface area contributed by atoms with E-state index in [1.54, 1.807) is 30.5 Å². The number of imide groups is 1. The van der Waals surface area contributed by atoms with Crippen LogP contribution in [-0.4, -0.2) is 38.5 Å². The molecule has 1 atom stereocenters. The highest BCUT2D eigenvalue weighted by molar-refractivity contribution is 6.34. The Morgan fingerprint density at radius 3 is 2.38 bits per heavy atom. The predicted molar refractivity (Wildman–Crippen MR) is 74.0 cm³/mol. The molecule has 1 aromatic carbocycles. The van der Waals surface area contributed by atoms with Gasteiger partial charge in [-0.1, -0.05) is 17.3 Å². The maximum Gasteiger partial charge on any atom is 0.267 e. The van der Waals surface area contributed by atoms with Crippen molar-refractivity contribution in [1.29, 1.82) is 0 Å². The average Bonchev–Trinajstić information content (AvgIpc) is 3.05. The lowest BCUT2D eigenvalue weighted by Crippen LogP contribution is -2.29. The summed E-state index contributed by atoms with van der Waals surface area (Å²) in [7, 11) is 0. The van der Waals surface area contributed by atoms with E-state index in [2.05, 4.69) is 10.3 Å². The Labute approximate surface area is 120 Å². The zero-order valence-electron chi connectivity index (χ0n) is 11.4. The van der Waals surface area contributed by atoms with Crippen LogP contribution in [0.3, 0.4) is 0 Å². The summed E-state index contributed by atoms with van der Waals surface area (Å²) in [5.41, 5.74) is 0.751. The largest absolute Gasteiger partial charge is 0.396 e. The standard InChI is InChI=1S/C14H14N4O3/c1-9(6-7-19)17-8-12(15-16-17)18-13(20)10-4-2-3-5-11(10)14(18)21/h2-5,8-9,19H,6-7H2,1H3/t9-/m0/s1. The molecule has 1 N–H and O–H groups in total. The number of hydrogen-bond donors (Lipinski definition) is 1. The molecule has 3 rings (SSSR count). The quantitative estimate of drug-likeness (QED) is 0.848. The van der Waals surface area contributed by atoms with Crippen LogP contribution in [0, 0.1) is 0 Å². The molecule has 0 saturated heterocycles. The number of aliphatic hydroxyl groups excluding tert-OH is 1. The molecule has 108 valence electrons. The van der Waals surface area contributed by atoms with Crippen molar-refractivity contribution in [1.82, 2.24) is 15.0 Å². The number of fused-ring (bicyclic) bond motifs is 1. The average molecular weight is 286 g/mol. The second kappa shape index (κ2) is 5.10. The summed E-state index contributed by atoms with van der Waals surface area (Å²) in [6, 6.07) is 6.61. The molecule has 21 heavy (non-hydrogen) atoms. The van der Waals surface area contributed by atoms with Crippen LogP contribution in [0.5, 0.6) is 0 Å². The normalized spacial score (nSPS) is 15.4. The summed E-state index contributed by atoms with van der Waals surface area (Å²) in [5, 5.41) is 16.8. The molecular formula is C14H14N4O3. The molecule has 2 aromatic rings. The fourth-order valence-electron chi connectivity index (χ4n) is 2.30. The third kappa shape index (κ3) is 2.11. The first-order chi connectivity index (χ1) is 10.1. The lowest BCUT2D eigenvalue weighted by Gasteiger charge is -2.10. The molecule has 1 aromatic heterocycles. The highest BCUT2D eigenvalue weighted by Gasteiger charge is 2.37. The van der Waals surface area contributed by atoms with Gasteiger partial charge < -0.3 is 5.11 Å². The van der Waals surface area contributed by atoms with Gasteiger partial charge in [0.05, 0.1) is 23.4 Å². The number of hydrogen-bond acceptors (Lipinski definition) is 5. The maximum atomic E-state index is 12.3. The molecule has 0 radical (unpaired) electrons. The second-order valence-electron chi connectivity index (χ2n) is 4.91. The van der Waals surface area contributed by atoms with Crippen molar-refractivity contribution >= 4 is 17.6 Å². The summed E-state index contributed by atoms with van der Waals surface area (Å²) in [6.07, 6.45) is 2.06. The smallest absolute Gasteiger partial charge is 0.267 e. The van der Waals surface area contributed by atoms with E-state index in [1.807, 2.05) is 6.92 Å². The summed E-state index contributed by atoms with van der Waals surface area (Å²) in [5.74, 6) is -0.582. The zero-order valence-corrected chi connectivity index (χ0v) is 11.4. The van der Waals surface area contributed by atoms with Crippen molar-refractivity contribution in [3.63, 3.8) is 0 Å². The summed E-state index contributed by atoms with van der Waals surface area (Å²) >= 11 is 0. The summed E-state index contributed by atoms with van der Waals surface area (Å²) in [4.78, 5) is 25.6. The number of carbonyl (C=O) groups excluding carboxylic acids is 2. The van der Waals surface area contributed by atoms with Crippen LogP contribution in [0.15, 0.2) is 30.5 Å². The minimum atomic E-state index is -0.391. The van der Waals surface area contributed by atoms with Crippen molar-refractivity contribution in [2.45, 2.75) is 19.4 Å². The number of nitrogens with zero attached hydrogens (tertiary/aromatic N) is 4. The molecule has 0 saturated carbocycles. The number of rotatable bonds is 4. The van der Waals surface area contributed by atoms with Crippen molar-refractivity contribution in [2.24, 2.45) is 0 Å². The van der Waals surface area contributed by atoms with Crippen LogP contribution >= 0.6 is 0 Å². The molecule has 2 amide bonds. The van der Waals surface area contributed by atoms with E-state index in [1.165, 1.54) is 4.68 Å². The van der Waals surface area contributed by atoms with Gasteiger partial charge in [0.2, 0.25) is 0 Å². The molecule has 0 unspecified atom stereocenters. The molecule has 0 fully saturated rings. The van der Waals surface area contributed by atoms with Gasteiger partial charge in [-0.2, -0.15) is 0 Å². The Bertz CT molecular complexity index is 675. The Morgan fingerprint density at radius 2 is 1.81 bits per heavy atom. The molecular weight excluding hydrogens is 272 g/mol. The minimum Gasteiger partial charge on any atom is -0.396 e. The van der Waals surface area contributed by atoms with Gasteiger partial charge in [0, 0.05) is 6.61 Å². The van der Waals surface area contributed by atoms with Crippen LogP contribution in [0.25, 0.3) is 0 Å². The fraction of sp³-hybridized carbons (Fsp3) is 0.286. The minimum absolute atomic E-state index is 0.0311. The van der Waals surface area contributed by atoms with Crippen molar-refractivity contribution in [3.05, 3.63) is 41.6 Å². The van der Waals surface area contributed by atoms with E-state index >= 15 is 0 Å². The third-order valence-electron chi connectivity index (χ3n) is 3.52. The highest BCUT2D eigenvalue weighted by atomic mass is 16.3. The van der Waals surface area contributed by atoms with Gasteiger partial charge in [-0.15, -0.1) is 5.10 Å². The van der Waals surface area contributed by atoms with Crippen molar-refractivity contribution in [3.8, 4) is 0 Å². The maximum absolute atomic E-state index is 12.3. The van der Waals surface area contributed by atoms with Crippen molar-refractivity contribution in [2.75, 3.05) is 11.5 Å². The number of anilines is 1. The number of carbonyl (C=O) groups is 2. The summed E-state index contributed by atoms with van der Waals surface area (Å²) in [6.45, 7) is 1.90. The van der Waals surface area contributed by atoms with Crippen LogP contribution < -0.4 is 4.90 Å². The zero-order chi connectivity index (χ0) is 15.0. The number of aromatic nitrogens is 3. The molecule has 0 aliphatic carbocycles. The van der Waals surface area contributed by atoms with Crippen molar-refractivity contribution < 1.29 is 14.7 Å². The Kier molecular flexibility index (Phi) is 3.26. The second-order valence-corrected chi connectivity index (χ2v) is 4.91. The van der Waals surface area contributed by atoms with Gasteiger partial charge in [-0.25, -0.2) is 9.58 Å². The lowest BCUT2D eigenvalue weighted by molar-refractivity contribution is 0.0925. The van der Waals surface area contributed by atoms with E-state index in [-0.39, 0.29) is 18.5 Å². The lowest BCUT2D eigenvalue weighted by atomic mass is 10.1. The summed E-state index contributed by atoms with van der Waals surface area (Å²) < 4.78 is 1.54. The Morgan fingerprint density at radius 1 is 1.19 bits per heavy atom. The highest BCUT2D eigenvalue weighted by Crippen LogP contribution is 2.27. The Balaban J connectivity index is 1.93. The fourth-order valence-corrected chi connectivity index (χ4v) is 2.30. The van der Waals surface area contributed by atoms with E-state index in [4.69, 9.17) is 5.11 Å². The van der Waals surface area contributed by atoms with Crippen LogP contribution in [0.2, 0.25) is 0 Å². The number of aliphatic hydroxyl groups is 1. The number of amides is 2. The molecule has 2 heterocycles. The van der Waals surface area contributed by atoms with E-state index in [0.29, 0.717) is 17.5 Å². The van der Waals surface area contributed by atoms with Gasteiger partial charge >= 0.3 is 0 Å². The predicted octanol–water partition coefficient (Wildman–Crippen LogP) is 1.02. The molecule has 7 nitrogen and oxygen atoms in total.